The Morgan fingerprint density at radius 3 is 2.43 bits per heavy atom. The summed E-state index contributed by atoms with van der Waals surface area (Å²) in [6.45, 7) is 4.71. The minimum atomic E-state index is -3.80. The number of ether oxygens (including phenoxy) is 3. The van der Waals surface area contributed by atoms with Crippen molar-refractivity contribution in [1.82, 2.24) is 4.98 Å². The predicted molar refractivity (Wildman–Crippen MR) is 114 cm³/mol. The predicted octanol–water partition coefficient (Wildman–Crippen LogP) is 3.31. The first-order valence-electron chi connectivity index (χ1n) is 9.82. The van der Waals surface area contributed by atoms with E-state index in [2.05, 4.69) is 9.88 Å². The number of sulfone groups is 1. The van der Waals surface area contributed by atoms with Gasteiger partial charge in [0.05, 0.1) is 43.0 Å². The summed E-state index contributed by atoms with van der Waals surface area (Å²) in [5.41, 5.74) is 1.36. The van der Waals surface area contributed by atoms with Crippen molar-refractivity contribution in [2.45, 2.75) is 16.7 Å². The van der Waals surface area contributed by atoms with Gasteiger partial charge in [-0.05, 0) is 49.4 Å². The van der Waals surface area contributed by atoms with Crippen LogP contribution in [0, 0.1) is 0 Å². The summed E-state index contributed by atoms with van der Waals surface area (Å²) >= 11 is 0. The first kappa shape index (κ1) is 20.4. The molecule has 0 saturated carbocycles. The summed E-state index contributed by atoms with van der Waals surface area (Å²) < 4.78 is 43.5. The minimum Gasteiger partial charge on any atom is -0.497 e. The van der Waals surface area contributed by atoms with Gasteiger partial charge in [0, 0.05) is 24.7 Å². The van der Waals surface area contributed by atoms with Crippen molar-refractivity contribution < 1.29 is 22.6 Å². The van der Waals surface area contributed by atoms with Crippen LogP contribution < -0.4 is 14.4 Å². The molecule has 1 saturated heterocycles. The lowest BCUT2D eigenvalue weighted by molar-refractivity contribution is 0.122. The van der Waals surface area contributed by atoms with Crippen LogP contribution in [0.3, 0.4) is 0 Å². The molecule has 0 aliphatic carbocycles. The number of fused-ring (bicyclic) bond motifs is 1. The van der Waals surface area contributed by atoms with Gasteiger partial charge in [0.25, 0.3) is 0 Å². The highest BCUT2D eigenvalue weighted by Gasteiger charge is 2.28. The number of morpholine rings is 1. The summed E-state index contributed by atoms with van der Waals surface area (Å²) in [6, 6.07) is 12.0. The van der Waals surface area contributed by atoms with Crippen molar-refractivity contribution in [3.8, 4) is 11.5 Å². The SMILES string of the molecule is CCOc1ccc2ncc(S(=O)(=O)c3ccc(OC)cc3)c(N3CCOCC3)c2c1. The number of nitrogens with zero attached hydrogens (tertiary/aromatic N) is 2. The summed E-state index contributed by atoms with van der Waals surface area (Å²) in [6.07, 6.45) is 1.45. The Balaban J connectivity index is 1.93. The van der Waals surface area contributed by atoms with Gasteiger partial charge in [-0.2, -0.15) is 0 Å². The van der Waals surface area contributed by atoms with Crippen molar-refractivity contribution >= 4 is 26.4 Å². The number of pyridine rings is 1. The summed E-state index contributed by atoms with van der Waals surface area (Å²) in [7, 11) is -2.26. The van der Waals surface area contributed by atoms with Crippen LogP contribution >= 0.6 is 0 Å². The molecule has 1 fully saturated rings. The molecule has 0 spiro atoms. The fourth-order valence-corrected chi connectivity index (χ4v) is 5.02. The molecule has 2 heterocycles. The lowest BCUT2D eigenvalue weighted by Gasteiger charge is -2.31. The Labute approximate surface area is 176 Å². The molecule has 4 rings (SSSR count). The van der Waals surface area contributed by atoms with E-state index >= 15 is 0 Å². The van der Waals surface area contributed by atoms with E-state index in [4.69, 9.17) is 14.2 Å². The fraction of sp³-hybridized carbons (Fsp3) is 0.318. The topological polar surface area (TPSA) is 78.0 Å². The van der Waals surface area contributed by atoms with Crippen molar-refractivity contribution in [3.63, 3.8) is 0 Å². The molecule has 1 aromatic heterocycles. The molecule has 0 atom stereocenters. The maximum absolute atomic E-state index is 13.6. The summed E-state index contributed by atoms with van der Waals surface area (Å²) in [5.74, 6) is 1.28. The maximum Gasteiger partial charge on any atom is 0.210 e. The monoisotopic (exact) mass is 428 g/mol. The van der Waals surface area contributed by atoms with Gasteiger partial charge in [-0.1, -0.05) is 0 Å². The molecule has 3 aromatic rings. The Morgan fingerprint density at radius 1 is 1.07 bits per heavy atom. The Morgan fingerprint density at radius 2 is 1.77 bits per heavy atom. The zero-order valence-corrected chi connectivity index (χ0v) is 17.8. The van der Waals surface area contributed by atoms with Crippen LogP contribution in [0.2, 0.25) is 0 Å². The van der Waals surface area contributed by atoms with Crippen LogP contribution in [0.25, 0.3) is 10.9 Å². The smallest absolute Gasteiger partial charge is 0.210 e. The second kappa shape index (κ2) is 8.49. The lowest BCUT2D eigenvalue weighted by Crippen LogP contribution is -2.37. The van der Waals surface area contributed by atoms with Gasteiger partial charge in [0.2, 0.25) is 9.84 Å². The minimum absolute atomic E-state index is 0.177. The van der Waals surface area contributed by atoms with Crippen LogP contribution in [0.5, 0.6) is 11.5 Å². The van der Waals surface area contributed by atoms with Gasteiger partial charge < -0.3 is 19.1 Å². The van der Waals surface area contributed by atoms with E-state index in [1.165, 1.54) is 6.20 Å². The van der Waals surface area contributed by atoms with Gasteiger partial charge in [-0.15, -0.1) is 0 Å². The quantitative estimate of drug-likeness (QED) is 0.596. The number of methoxy groups -OCH3 is 1. The van der Waals surface area contributed by atoms with E-state index in [-0.39, 0.29) is 9.79 Å². The maximum atomic E-state index is 13.6. The molecule has 0 radical (unpaired) electrons. The van der Waals surface area contributed by atoms with Crippen LogP contribution in [-0.4, -0.2) is 53.4 Å². The van der Waals surface area contributed by atoms with Crippen molar-refractivity contribution in [2.75, 3.05) is 44.9 Å². The highest BCUT2D eigenvalue weighted by atomic mass is 32.2. The summed E-state index contributed by atoms with van der Waals surface area (Å²) in [4.78, 5) is 6.87. The molecule has 8 heteroatoms. The largest absolute Gasteiger partial charge is 0.497 e. The van der Waals surface area contributed by atoms with E-state index in [9.17, 15) is 8.42 Å². The molecule has 2 aromatic carbocycles. The van der Waals surface area contributed by atoms with E-state index < -0.39 is 9.84 Å². The van der Waals surface area contributed by atoms with E-state index in [1.54, 1.807) is 31.4 Å². The van der Waals surface area contributed by atoms with E-state index in [0.29, 0.717) is 55.6 Å². The Kier molecular flexibility index (Phi) is 5.78. The summed E-state index contributed by atoms with van der Waals surface area (Å²) in [5, 5.41) is 0.748. The zero-order chi connectivity index (χ0) is 21.1. The molecular formula is C22H24N2O5S. The van der Waals surface area contributed by atoms with Gasteiger partial charge in [-0.3, -0.25) is 4.98 Å². The fourth-order valence-electron chi connectivity index (χ4n) is 3.59. The molecule has 7 nitrogen and oxygen atoms in total. The third-order valence-electron chi connectivity index (χ3n) is 5.07. The van der Waals surface area contributed by atoms with Crippen LogP contribution in [0.1, 0.15) is 6.92 Å². The second-order valence-corrected chi connectivity index (χ2v) is 8.78. The Hall–Kier alpha value is -2.84. The third-order valence-corrected chi connectivity index (χ3v) is 6.85. The molecule has 30 heavy (non-hydrogen) atoms. The second-order valence-electron chi connectivity index (χ2n) is 6.86. The normalized spacial score (nSPS) is 14.7. The number of hydrogen-bond acceptors (Lipinski definition) is 7. The van der Waals surface area contributed by atoms with Crippen molar-refractivity contribution in [2.24, 2.45) is 0 Å². The highest BCUT2D eigenvalue weighted by molar-refractivity contribution is 7.91. The van der Waals surface area contributed by atoms with Crippen molar-refractivity contribution in [1.29, 1.82) is 0 Å². The molecule has 0 amide bonds. The average molecular weight is 429 g/mol. The van der Waals surface area contributed by atoms with Crippen LogP contribution in [0.4, 0.5) is 5.69 Å². The number of anilines is 1. The molecule has 0 bridgehead atoms. The van der Waals surface area contributed by atoms with E-state index in [0.717, 1.165) is 5.39 Å². The standard InChI is InChI=1S/C22H24N2O5S/c1-3-29-17-6-9-20-19(14-17)22(24-10-12-28-13-11-24)21(15-23-20)30(25,26)18-7-4-16(27-2)5-8-18/h4-9,14-15H,3,10-13H2,1-2H3. The van der Waals surface area contributed by atoms with Crippen LogP contribution in [0.15, 0.2) is 58.5 Å². The number of aromatic nitrogens is 1. The van der Waals surface area contributed by atoms with Crippen molar-refractivity contribution in [3.05, 3.63) is 48.7 Å². The van der Waals surface area contributed by atoms with Gasteiger partial charge in [0.15, 0.2) is 0 Å². The molecule has 0 N–H and O–H groups in total. The Bertz CT molecular complexity index is 1140. The molecule has 1 aliphatic heterocycles. The molecule has 1 aliphatic rings. The third kappa shape index (κ3) is 3.80. The van der Waals surface area contributed by atoms with Gasteiger partial charge in [-0.25, -0.2) is 8.42 Å². The highest BCUT2D eigenvalue weighted by Crippen LogP contribution is 2.37. The van der Waals surface area contributed by atoms with E-state index in [1.807, 2.05) is 25.1 Å². The number of benzene rings is 2. The zero-order valence-electron chi connectivity index (χ0n) is 17.0. The molecule has 0 unspecified atom stereocenters. The lowest BCUT2D eigenvalue weighted by atomic mass is 10.1. The van der Waals surface area contributed by atoms with Gasteiger partial charge in [0.1, 0.15) is 16.4 Å². The number of rotatable bonds is 6. The first-order chi connectivity index (χ1) is 14.5. The molecule has 158 valence electrons. The van der Waals surface area contributed by atoms with Crippen LogP contribution in [-0.2, 0) is 14.6 Å². The van der Waals surface area contributed by atoms with Gasteiger partial charge >= 0.3 is 0 Å². The number of hydrogen-bond donors (Lipinski definition) is 0. The molecular weight excluding hydrogens is 404 g/mol. The first-order valence-corrected chi connectivity index (χ1v) is 11.3. The average Bonchev–Trinajstić information content (AvgIpc) is 2.79.